The van der Waals surface area contributed by atoms with Crippen molar-refractivity contribution in [2.45, 2.75) is 45.2 Å². The second kappa shape index (κ2) is 11.3. The quantitative estimate of drug-likeness (QED) is 0.761. The molecule has 4 nitrogen and oxygen atoms in total. The number of likely N-dealkylation sites (tertiary alicyclic amines) is 1. The molecule has 0 saturated carbocycles. The molecule has 3 N–H and O–H groups in total. The van der Waals surface area contributed by atoms with Gasteiger partial charge in [-0.05, 0) is 49.7 Å². The highest BCUT2D eigenvalue weighted by Gasteiger charge is 2.25. The zero-order valence-electron chi connectivity index (χ0n) is 13.9. The Morgan fingerprint density at radius 1 is 1.35 bits per heavy atom. The number of nitrogens with zero attached hydrogens (tertiary/aromatic N) is 1. The molecule has 23 heavy (non-hydrogen) atoms. The lowest BCUT2D eigenvalue weighted by atomic mass is 10.0. The van der Waals surface area contributed by atoms with Gasteiger partial charge < -0.3 is 11.1 Å². The van der Waals surface area contributed by atoms with Gasteiger partial charge in [-0.3, -0.25) is 9.69 Å². The van der Waals surface area contributed by atoms with Crippen molar-refractivity contribution in [3.63, 3.8) is 0 Å². The summed E-state index contributed by atoms with van der Waals surface area (Å²) in [5.74, 6) is 0.418. The molecule has 2 heterocycles. The summed E-state index contributed by atoms with van der Waals surface area (Å²) in [5, 5.41) is 5.16. The molecule has 7 heteroatoms. The van der Waals surface area contributed by atoms with E-state index < -0.39 is 6.04 Å². The third kappa shape index (κ3) is 6.98. The van der Waals surface area contributed by atoms with Crippen LogP contribution in [-0.2, 0) is 4.79 Å². The highest BCUT2D eigenvalue weighted by molar-refractivity contribution is 7.10. The number of hydrogen-bond acceptors (Lipinski definition) is 4. The van der Waals surface area contributed by atoms with Gasteiger partial charge >= 0.3 is 0 Å². The second-order valence-electron chi connectivity index (χ2n) is 6.26. The number of amides is 1. The van der Waals surface area contributed by atoms with Gasteiger partial charge in [-0.15, -0.1) is 36.2 Å². The minimum absolute atomic E-state index is 0. The average Bonchev–Trinajstić information content (AvgIpc) is 3.11. The van der Waals surface area contributed by atoms with E-state index in [1.165, 1.54) is 17.7 Å². The average molecular weight is 382 g/mol. The molecule has 0 aromatic carbocycles. The molecule has 2 rings (SSSR count). The Kier molecular flexibility index (Phi) is 11.1. The number of carbonyl (C=O) groups excluding carboxylic acids is 1. The van der Waals surface area contributed by atoms with Crippen LogP contribution in [0.3, 0.4) is 0 Å². The van der Waals surface area contributed by atoms with Crippen LogP contribution in [0.2, 0.25) is 0 Å². The Bertz CT molecular complexity index is 437. The van der Waals surface area contributed by atoms with Gasteiger partial charge in [0, 0.05) is 11.4 Å². The summed E-state index contributed by atoms with van der Waals surface area (Å²) in [5.41, 5.74) is 5.95. The second-order valence-corrected chi connectivity index (χ2v) is 7.23. The summed E-state index contributed by atoms with van der Waals surface area (Å²) < 4.78 is 0. The van der Waals surface area contributed by atoms with Crippen LogP contribution in [-0.4, -0.2) is 36.5 Å². The molecule has 0 spiro atoms. The zero-order valence-corrected chi connectivity index (χ0v) is 16.3. The maximum Gasteiger partial charge on any atom is 0.236 e. The molecule has 1 fully saturated rings. The molecule has 1 aliphatic rings. The van der Waals surface area contributed by atoms with Gasteiger partial charge in [-0.2, -0.15) is 0 Å². The molecule has 2 atom stereocenters. The Morgan fingerprint density at radius 2 is 2.00 bits per heavy atom. The van der Waals surface area contributed by atoms with Crippen molar-refractivity contribution in [3.8, 4) is 0 Å². The summed E-state index contributed by atoms with van der Waals surface area (Å²) in [6.45, 7) is 7.08. The standard InChI is InChI=1S/C16H27N3OS.2ClH/c1-12(2)10-13(17)16(20)18-11-14(15-6-5-9-21-15)19-7-3-4-8-19;;/h5-6,9,12-14H,3-4,7-8,10-11,17H2,1-2H3,(H,18,20);2*1H/t13-,14?;;/m0../s1. The molecular weight excluding hydrogens is 353 g/mol. The fourth-order valence-corrected chi connectivity index (χ4v) is 3.75. The fraction of sp³-hybridized carbons (Fsp3) is 0.688. The molecule has 0 bridgehead atoms. The molecule has 0 radical (unpaired) electrons. The summed E-state index contributed by atoms with van der Waals surface area (Å²) in [7, 11) is 0. The molecular formula is C16H29Cl2N3OS. The van der Waals surface area contributed by atoms with Crippen LogP contribution in [0.25, 0.3) is 0 Å². The zero-order chi connectivity index (χ0) is 15.2. The van der Waals surface area contributed by atoms with Crippen LogP contribution in [0.5, 0.6) is 0 Å². The minimum Gasteiger partial charge on any atom is -0.353 e. The van der Waals surface area contributed by atoms with Gasteiger partial charge in [0.15, 0.2) is 0 Å². The van der Waals surface area contributed by atoms with E-state index in [-0.39, 0.29) is 30.7 Å². The van der Waals surface area contributed by atoms with Crippen LogP contribution >= 0.6 is 36.2 Å². The molecule has 1 aliphatic heterocycles. The highest BCUT2D eigenvalue weighted by atomic mass is 35.5. The van der Waals surface area contributed by atoms with E-state index in [0.717, 1.165) is 19.5 Å². The van der Waals surface area contributed by atoms with E-state index in [2.05, 4.69) is 41.6 Å². The molecule has 1 saturated heterocycles. The maximum absolute atomic E-state index is 12.1. The van der Waals surface area contributed by atoms with E-state index in [1.807, 2.05) is 0 Å². The molecule has 1 aromatic rings. The molecule has 1 aromatic heterocycles. The van der Waals surface area contributed by atoms with E-state index in [9.17, 15) is 4.79 Å². The largest absolute Gasteiger partial charge is 0.353 e. The van der Waals surface area contributed by atoms with Crippen molar-refractivity contribution in [2.24, 2.45) is 11.7 Å². The fourth-order valence-electron chi connectivity index (χ4n) is 2.89. The van der Waals surface area contributed by atoms with Crippen molar-refractivity contribution in [3.05, 3.63) is 22.4 Å². The Morgan fingerprint density at radius 3 is 2.52 bits per heavy atom. The molecule has 134 valence electrons. The smallest absolute Gasteiger partial charge is 0.236 e. The first-order valence-corrected chi connectivity index (χ1v) is 8.76. The van der Waals surface area contributed by atoms with Crippen LogP contribution in [0, 0.1) is 5.92 Å². The van der Waals surface area contributed by atoms with Gasteiger partial charge in [0.25, 0.3) is 0 Å². The highest BCUT2D eigenvalue weighted by Crippen LogP contribution is 2.27. The van der Waals surface area contributed by atoms with Gasteiger partial charge in [0.1, 0.15) is 0 Å². The van der Waals surface area contributed by atoms with Gasteiger partial charge in [-0.25, -0.2) is 0 Å². The van der Waals surface area contributed by atoms with Gasteiger partial charge in [0.2, 0.25) is 5.91 Å². The van der Waals surface area contributed by atoms with E-state index >= 15 is 0 Å². The van der Waals surface area contributed by atoms with E-state index in [1.54, 1.807) is 11.3 Å². The third-order valence-corrected chi connectivity index (χ3v) is 4.96. The van der Waals surface area contributed by atoms with Crippen LogP contribution in [0.4, 0.5) is 0 Å². The predicted molar refractivity (Wildman–Crippen MR) is 103 cm³/mol. The summed E-state index contributed by atoms with van der Waals surface area (Å²) in [6.07, 6.45) is 3.24. The monoisotopic (exact) mass is 381 g/mol. The van der Waals surface area contributed by atoms with Crippen LogP contribution < -0.4 is 11.1 Å². The molecule has 1 unspecified atom stereocenters. The van der Waals surface area contributed by atoms with Gasteiger partial charge in [0.05, 0.1) is 12.1 Å². The molecule has 0 aliphatic carbocycles. The van der Waals surface area contributed by atoms with Crippen molar-refractivity contribution in [1.82, 2.24) is 10.2 Å². The Balaban J connectivity index is 0.00000242. The maximum atomic E-state index is 12.1. The van der Waals surface area contributed by atoms with Crippen LogP contribution in [0.15, 0.2) is 17.5 Å². The number of thiophene rings is 1. The first kappa shape index (κ1) is 22.7. The number of nitrogens with one attached hydrogen (secondary N) is 1. The predicted octanol–water partition coefficient (Wildman–Crippen LogP) is 3.22. The van der Waals surface area contributed by atoms with Crippen molar-refractivity contribution < 1.29 is 4.79 Å². The minimum atomic E-state index is -0.396. The Hall–Kier alpha value is -0.330. The molecule has 1 amide bonds. The normalized spacial score (nSPS) is 17.2. The lowest BCUT2D eigenvalue weighted by Crippen LogP contribution is -2.44. The van der Waals surface area contributed by atoms with Crippen LogP contribution in [0.1, 0.15) is 44.0 Å². The Labute approximate surface area is 156 Å². The van der Waals surface area contributed by atoms with Crippen molar-refractivity contribution in [1.29, 1.82) is 0 Å². The third-order valence-electron chi connectivity index (χ3n) is 3.98. The topological polar surface area (TPSA) is 58.4 Å². The number of halogens is 2. The van der Waals surface area contributed by atoms with Crippen molar-refractivity contribution in [2.75, 3.05) is 19.6 Å². The number of hydrogen-bond donors (Lipinski definition) is 2. The summed E-state index contributed by atoms with van der Waals surface area (Å²) in [6, 6.07) is 4.14. The van der Waals surface area contributed by atoms with Crippen molar-refractivity contribution >= 4 is 42.1 Å². The first-order chi connectivity index (χ1) is 10.1. The first-order valence-electron chi connectivity index (χ1n) is 7.88. The number of nitrogens with two attached hydrogens (primary N) is 1. The SMILES string of the molecule is CC(C)C[C@H](N)C(=O)NCC(c1cccs1)N1CCCC1.Cl.Cl. The van der Waals surface area contributed by atoms with E-state index in [4.69, 9.17) is 5.73 Å². The summed E-state index contributed by atoms with van der Waals surface area (Å²) >= 11 is 1.76. The van der Waals surface area contributed by atoms with Gasteiger partial charge in [-0.1, -0.05) is 19.9 Å². The summed E-state index contributed by atoms with van der Waals surface area (Å²) in [4.78, 5) is 15.9. The number of carbonyl (C=O) groups is 1. The lowest BCUT2D eigenvalue weighted by Gasteiger charge is -2.27. The number of rotatable bonds is 7. The lowest BCUT2D eigenvalue weighted by molar-refractivity contribution is -0.122. The van der Waals surface area contributed by atoms with E-state index in [0.29, 0.717) is 18.5 Å².